The second kappa shape index (κ2) is 6.74. The highest BCUT2D eigenvalue weighted by molar-refractivity contribution is 5.37. The van der Waals surface area contributed by atoms with Gasteiger partial charge in [0.15, 0.2) is 0 Å². The van der Waals surface area contributed by atoms with Crippen LogP contribution in [0.5, 0.6) is 5.75 Å². The summed E-state index contributed by atoms with van der Waals surface area (Å²) in [6.45, 7) is 1.88. The van der Waals surface area contributed by atoms with Crippen LogP contribution in [-0.2, 0) is 6.61 Å². The molecule has 0 aliphatic heterocycles. The Morgan fingerprint density at radius 1 is 1.20 bits per heavy atom. The smallest absolute Gasteiger partial charge is 0.131 e. The summed E-state index contributed by atoms with van der Waals surface area (Å²) in [6.07, 6.45) is 0. The molecule has 2 nitrogen and oxygen atoms in total. The first kappa shape index (κ1) is 14.1. The summed E-state index contributed by atoms with van der Waals surface area (Å²) in [4.78, 5) is 0. The summed E-state index contributed by atoms with van der Waals surface area (Å²) >= 11 is 0. The summed E-state index contributed by atoms with van der Waals surface area (Å²) in [5.74, 6) is 5.54. The molecule has 0 amide bonds. The Bertz CT molecular complexity index is 654. The number of para-hydroxylation sites is 1. The van der Waals surface area contributed by atoms with Crippen molar-refractivity contribution in [2.24, 2.45) is 0 Å². The third-order valence-corrected chi connectivity index (χ3v) is 2.84. The first-order chi connectivity index (χ1) is 9.70. The Morgan fingerprint density at radius 3 is 2.70 bits per heavy atom. The van der Waals surface area contributed by atoms with E-state index in [0.29, 0.717) is 11.1 Å². The number of rotatable bonds is 3. The first-order valence-corrected chi connectivity index (χ1v) is 6.27. The van der Waals surface area contributed by atoms with Crippen molar-refractivity contribution in [1.82, 2.24) is 0 Å². The van der Waals surface area contributed by atoms with E-state index in [1.165, 1.54) is 6.07 Å². The molecule has 0 bridgehead atoms. The van der Waals surface area contributed by atoms with E-state index in [1.807, 2.05) is 31.2 Å². The fraction of sp³-hybridized carbons (Fsp3) is 0.176. The topological polar surface area (TPSA) is 29.5 Å². The molecule has 2 aromatic carbocycles. The minimum atomic E-state index is -0.358. The van der Waals surface area contributed by atoms with Crippen LogP contribution in [0.1, 0.15) is 16.7 Å². The van der Waals surface area contributed by atoms with E-state index in [0.717, 1.165) is 11.3 Å². The summed E-state index contributed by atoms with van der Waals surface area (Å²) in [6, 6.07) is 12.3. The third kappa shape index (κ3) is 3.59. The number of hydrogen-bond acceptors (Lipinski definition) is 2. The number of aliphatic hydroxyl groups excluding tert-OH is 1. The fourth-order valence-corrected chi connectivity index (χ4v) is 1.76. The lowest BCUT2D eigenvalue weighted by atomic mass is 10.1. The molecule has 0 unspecified atom stereocenters. The van der Waals surface area contributed by atoms with E-state index in [9.17, 15) is 4.39 Å². The molecule has 3 heteroatoms. The molecule has 0 saturated heterocycles. The van der Waals surface area contributed by atoms with Crippen molar-refractivity contribution in [2.45, 2.75) is 13.5 Å². The van der Waals surface area contributed by atoms with Gasteiger partial charge in [-0.1, -0.05) is 36.1 Å². The molecular formula is C17H15FO2. The lowest BCUT2D eigenvalue weighted by molar-refractivity contribution is 0.298. The average molecular weight is 270 g/mol. The molecule has 102 valence electrons. The van der Waals surface area contributed by atoms with Crippen LogP contribution in [0.3, 0.4) is 0 Å². The Hall–Kier alpha value is -2.31. The van der Waals surface area contributed by atoms with Crippen LogP contribution < -0.4 is 4.74 Å². The third-order valence-electron chi connectivity index (χ3n) is 2.84. The number of aryl methyl sites for hydroxylation is 1. The Labute approximate surface area is 117 Å². The summed E-state index contributed by atoms with van der Waals surface area (Å²) in [5, 5.41) is 8.60. The van der Waals surface area contributed by atoms with Crippen LogP contribution in [0.25, 0.3) is 0 Å². The first-order valence-electron chi connectivity index (χ1n) is 6.27. The van der Waals surface area contributed by atoms with Gasteiger partial charge >= 0.3 is 0 Å². The highest BCUT2D eigenvalue weighted by atomic mass is 19.1. The van der Waals surface area contributed by atoms with Crippen LogP contribution >= 0.6 is 0 Å². The van der Waals surface area contributed by atoms with E-state index in [1.54, 1.807) is 12.1 Å². The zero-order valence-electron chi connectivity index (χ0n) is 11.2. The Morgan fingerprint density at radius 2 is 2.00 bits per heavy atom. The van der Waals surface area contributed by atoms with Gasteiger partial charge in [-0.05, 0) is 30.7 Å². The average Bonchev–Trinajstić information content (AvgIpc) is 2.45. The van der Waals surface area contributed by atoms with Crippen LogP contribution in [0.2, 0.25) is 0 Å². The maximum Gasteiger partial charge on any atom is 0.131 e. The number of aliphatic hydroxyl groups is 1. The van der Waals surface area contributed by atoms with Crippen molar-refractivity contribution in [2.75, 3.05) is 6.61 Å². The van der Waals surface area contributed by atoms with Crippen molar-refractivity contribution >= 4 is 0 Å². The molecule has 0 aromatic heterocycles. The second-order valence-corrected chi connectivity index (χ2v) is 4.32. The van der Waals surface area contributed by atoms with Crippen molar-refractivity contribution in [1.29, 1.82) is 0 Å². The highest BCUT2D eigenvalue weighted by Gasteiger charge is 2.05. The van der Waals surface area contributed by atoms with Gasteiger partial charge in [0.2, 0.25) is 0 Å². The zero-order valence-corrected chi connectivity index (χ0v) is 11.2. The minimum Gasteiger partial charge on any atom is -0.489 e. The van der Waals surface area contributed by atoms with Crippen LogP contribution in [0, 0.1) is 24.6 Å². The molecule has 0 heterocycles. The summed E-state index contributed by atoms with van der Waals surface area (Å²) in [5.41, 5.74) is 2.03. The molecule has 20 heavy (non-hydrogen) atoms. The molecule has 0 aliphatic rings. The molecular weight excluding hydrogens is 255 g/mol. The summed E-state index contributed by atoms with van der Waals surface area (Å²) in [7, 11) is 0. The van der Waals surface area contributed by atoms with E-state index in [2.05, 4.69) is 11.8 Å². The number of hydrogen-bond donors (Lipinski definition) is 1. The monoisotopic (exact) mass is 270 g/mol. The van der Waals surface area contributed by atoms with Crippen LogP contribution in [0.4, 0.5) is 4.39 Å². The lowest BCUT2D eigenvalue weighted by Gasteiger charge is -2.09. The maximum absolute atomic E-state index is 13.9. The van der Waals surface area contributed by atoms with E-state index in [4.69, 9.17) is 9.84 Å². The highest BCUT2D eigenvalue weighted by Crippen LogP contribution is 2.19. The Balaban J connectivity index is 2.09. The lowest BCUT2D eigenvalue weighted by Crippen LogP contribution is -2.00. The summed E-state index contributed by atoms with van der Waals surface area (Å²) < 4.78 is 19.5. The van der Waals surface area contributed by atoms with Gasteiger partial charge in [0.1, 0.15) is 24.8 Å². The van der Waals surface area contributed by atoms with E-state index >= 15 is 0 Å². The van der Waals surface area contributed by atoms with Gasteiger partial charge in [-0.25, -0.2) is 4.39 Å². The largest absolute Gasteiger partial charge is 0.489 e. The van der Waals surface area contributed by atoms with Gasteiger partial charge in [-0.15, -0.1) is 0 Å². The molecule has 0 aliphatic carbocycles. The number of benzene rings is 2. The molecule has 0 radical (unpaired) electrons. The van der Waals surface area contributed by atoms with Gasteiger partial charge in [-0.3, -0.25) is 0 Å². The number of halogens is 1. The fourth-order valence-electron chi connectivity index (χ4n) is 1.76. The SMILES string of the molecule is Cc1ccccc1OCc1ccc(C#CCO)cc1F. The van der Waals surface area contributed by atoms with Gasteiger partial charge < -0.3 is 9.84 Å². The zero-order chi connectivity index (χ0) is 14.4. The van der Waals surface area contributed by atoms with Crippen molar-refractivity contribution in [3.05, 3.63) is 65.0 Å². The van der Waals surface area contributed by atoms with Gasteiger partial charge in [-0.2, -0.15) is 0 Å². The molecule has 0 saturated carbocycles. The predicted molar refractivity (Wildman–Crippen MR) is 75.9 cm³/mol. The van der Waals surface area contributed by atoms with E-state index in [-0.39, 0.29) is 19.0 Å². The normalized spacial score (nSPS) is 9.75. The van der Waals surface area contributed by atoms with Gasteiger partial charge in [0, 0.05) is 11.1 Å². The van der Waals surface area contributed by atoms with Gasteiger partial charge in [0.25, 0.3) is 0 Å². The molecule has 0 spiro atoms. The quantitative estimate of drug-likeness (QED) is 0.869. The Kier molecular flexibility index (Phi) is 4.75. The predicted octanol–water partition coefficient (Wildman–Crippen LogP) is 3.06. The van der Waals surface area contributed by atoms with Crippen LogP contribution in [-0.4, -0.2) is 11.7 Å². The van der Waals surface area contributed by atoms with Crippen molar-refractivity contribution in [3.63, 3.8) is 0 Å². The van der Waals surface area contributed by atoms with Crippen molar-refractivity contribution in [3.8, 4) is 17.6 Å². The molecule has 2 rings (SSSR count). The van der Waals surface area contributed by atoms with E-state index < -0.39 is 0 Å². The minimum absolute atomic E-state index is 0.171. The standard InChI is InChI=1S/C17H15FO2/c1-13-5-2-3-7-17(13)20-12-15-9-8-14(6-4-10-19)11-16(15)18/h2-3,5,7-9,11,19H,10,12H2,1H3. The molecule has 2 aromatic rings. The number of ether oxygens (including phenoxy) is 1. The second-order valence-electron chi connectivity index (χ2n) is 4.32. The van der Waals surface area contributed by atoms with Crippen molar-refractivity contribution < 1.29 is 14.2 Å². The molecule has 0 fully saturated rings. The molecule has 0 atom stereocenters. The van der Waals surface area contributed by atoms with Crippen LogP contribution in [0.15, 0.2) is 42.5 Å². The maximum atomic E-state index is 13.9. The molecule has 1 N–H and O–H groups in total. The van der Waals surface area contributed by atoms with Gasteiger partial charge in [0.05, 0.1) is 0 Å².